The summed E-state index contributed by atoms with van der Waals surface area (Å²) in [5.74, 6) is 0. The Bertz CT molecular complexity index is 497. The van der Waals surface area contributed by atoms with Gasteiger partial charge in [0.1, 0.15) is 0 Å². The minimum absolute atomic E-state index is 0.945. The normalized spacial score (nSPS) is 10.8. The third-order valence-corrected chi connectivity index (χ3v) is 3.03. The molecule has 2 aromatic rings. The van der Waals surface area contributed by atoms with Crippen molar-refractivity contribution in [3.05, 3.63) is 41.7 Å². The molecule has 0 atom stereocenters. The minimum atomic E-state index is 0.945. The molecule has 96 valence electrons. The van der Waals surface area contributed by atoms with Crippen LogP contribution in [0.1, 0.15) is 24.6 Å². The Balaban J connectivity index is 2.10. The topological polar surface area (TPSA) is 29.9 Å². The van der Waals surface area contributed by atoms with E-state index in [1.54, 1.807) is 0 Å². The molecule has 1 aromatic heterocycles. The van der Waals surface area contributed by atoms with Crippen LogP contribution in [0.4, 0.5) is 0 Å². The lowest BCUT2D eigenvalue weighted by Crippen LogP contribution is -2.13. The van der Waals surface area contributed by atoms with Crippen molar-refractivity contribution in [2.45, 2.75) is 26.8 Å². The molecule has 0 aliphatic rings. The van der Waals surface area contributed by atoms with E-state index in [0.29, 0.717) is 0 Å². The van der Waals surface area contributed by atoms with Crippen LogP contribution in [0, 0.1) is 6.92 Å². The van der Waals surface area contributed by atoms with Crippen molar-refractivity contribution >= 4 is 0 Å². The second kappa shape index (κ2) is 5.83. The van der Waals surface area contributed by atoms with Crippen molar-refractivity contribution in [3.8, 4) is 11.1 Å². The van der Waals surface area contributed by atoms with E-state index in [-0.39, 0.29) is 0 Å². The predicted octanol–water partition coefficient (Wildman–Crippen LogP) is 2.90. The zero-order valence-electron chi connectivity index (χ0n) is 11.4. The maximum atomic E-state index is 4.37. The van der Waals surface area contributed by atoms with Crippen molar-refractivity contribution in [1.29, 1.82) is 0 Å². The fourth-order valence-electron chi connectivity index (χ4n) is 2.09. The van der Waals surface area contributed by atoms with Crippen LogP contribution in [0.3, 0.4) is 0 Å². The van der Waals surface area contributed by atoms with Crippen LogP contribution in [-0.2, 0) is 13.6 Å². The van der Waals surface area contributed by atoms with Gasteiger partial charge in [-0.15, -0.1) is 0 Å². The second-order valence-corrected chi connectivity index (χ2v) is 4.68. The van der Waals surface area contributed by atoms with Gasteiger partial charge >= 0.3 is 0 Å². The first-order valence-corrected chi connectivity index (χ1v) is 6.51. The van der Waals surface area contributed by atoms with Gasteiger partial charge in [0.25, 0.3) is 0 Å². The Hall–Kier alpha value is -1.61. The molecule has 1 N–H and O–H groups in total. The highest BCUT2D eigenvalue weighted by molar-refractivity contribution is 5.65. The molecule has 0 saturated heterocycles. The van der Waals surface area contributed by atoms with E-state index in [4.69, 9.17) is 0 Å². The molecular weight excluding hydrogens is 222 g/mol. The first kappa shape index (κ1) is 12.8. The van der Waals surface area contributed by atoms with Gasteiger partial charge in [0.05, 0.1) is 5.69 Å². The number of rotatable bonds is 5. The molecule has 0 saturated carbocycles. The van der Waals surface area contributed by atoms with E-state index in [1.807, 2.05) is 18.7 Å². The van der Waals surface area contributed by atoms with Crippen molar-refractivity contribution in [3.63, 3.8) is 0 Å². The molecule has 0 spiro atoms. The quantitative estimate of drug-likeness (QED) is 0.818. The van der Waals surface area contributed by atoms with Gasteiger partial charge in [-0.25, -0.2) is 0 Å². The molecular formula is C15H21N3. The fourth-order valence-corrected chi connectivity index (χ4v) is 2.09. The zero-order valence-corrected chi connectivity index (χ0v) is 11.4. The highest BCUT2D eigenvalue weighted by atomic mass is 15.2. The van der Waals surface area contributed by atoms with Gasteiger partial charge in [-0.1, -0.05) is 31.2 Å². The van der Waals surface area contributed by atoms with Gasteiger partial charge < -0.3 is 5.32 Å². The van der Waals surface area contributed by atoms with E-state index in [0.717, 1.165) is 18.8 Å². The molecule has 0 unspecified atom stereocenters. The van der Waals surface area contributed by atoms with Gasteiger partial charge in [-0.2, -0.15) is 5.10 Å². The minimum Gasteiger partial charge on any atom is -0.313 e. The molecule has 1 aromatic carbocycles. The van der Waals surface area contributed by atoms with Gasteiger partial charge in [0.15, 0.2) is 0 Å². The smallest absolute Gasteiger partial charge is 0.0671 e. The first-order chi connectivity index (χ1) is 8.70. The third-order valence-electron chi connectivity index (χ3n) is 3.03. The SMILES string of the molecule is CCCNCc1ccc(-c2cn(C)nc2C)cc1. The monoisotopic (exact) mass is 243 g/mol. The van der Waals surface area contributed by atoms with Crippen LogP contribution in [0.5, 0.6) is 0 Å². The number of hydrogen-bond donors (Lipinski definition) is 1. The van der Waals surface area contributed by atoms with Crippen LogP contribution in [0.25, 0.3) is 11.1 Å². The maximum Gasteiger partial charge on any atom is 0.0671 e. The average Bonchev–Trinajstić information content (AvgIpc) is 2.70. The maximum absolute atomic E-state index is 4.37. The fraction of sp³-hybridized carbons (Fsp3) is 0.400. The lowest BCUT2D eigenvalue weighted by Gasteiger charge is -2.05. The Morgan fingerprint density at radius 2 is 1.94 bits per heavy atom. The van der Waals surface area contributed by atoms with Crippen molar-refractivity contribution in [2.75, 3.05) is 6.54 Å². The van der Waals surface area contributed by atoms with Crippen LogP contribution in [0.15, 0.2) is 30.5 Å². The Kier molecular flexibility index (Phi) is 4.15. The van der Waals surface area contributed by atoms with E-state index in [2.05, 4.69) is 47.8 Å². The number of aryl methyl sites for hydroxylation is 2. The summed E-state index contributed by atoms with van der Waals surface area (Å²) < 4.78 is 1.86. The number of nitrogens with zero attached hydrogens (tertiary/aromatic N) is 2. The molecule has 0 fully saturated rings. The number of nitrogens with one attached hydrogen (secondary N) is 1. The molecule has 0 aliphatic heterocycles. The molecule has 18 heavy (non-hydrogen) atoms. The lowest BCUT2D eigenvalue weighted by molar-refractivity contribution is 0.675. The third kappa shape index (κ3) is 2.99. The summed E-state index contributed by atoms with van der Waals surface area (Å²) in [6.07, 6.45) is 3.24. The summed E-state index contributed by atoms with van der Waals surface area (Å²) >= 11 is 0. The summed E-state index contributed by atoms with van der Waals surface area (Å²) in [7, 11) is 1.96. The highest BCUT2D eigenvalue weighted by Crippen LogP contribution is 2.22. The molecule has 0 amide bonds. The van der Waals surface area contributed by atoms with Gasteiger partial charge in [0.2, 0.25) is 0 Å². The lowest BCUT2D eigenvalue weighted by atomic mass is 10.0. The van der Waals surface area contributed by atoms with Gasteiger partial charge in [-0.3, -0.25) is 4.68 Å². The van der Waals surface area contributed by atoms with E-state index < -0.39 is 0 Å². The number of benzene rings is 1. The molecule has 2 rings (SSSR count). The molecule has 3 nitrogen and oxygen atoms in total. The van der Waals surface area contributed by atoms with Crippen LogP contribution < -0.4 is 5.32 Å². The van der Waals surface area contributed by atoms with Crippen LogP contribution in [-0.4, -0.2) is 16.3 Å². The summed E-state index contributed by atoms with van der Waals surface area (Å²) in [6, 6.07) is 8.72. The van der Waals surface area contributed by atoms with E-state index in [1.165, 1.54) is 23.1 Å². The van der Waals surface area contributed by atoms with Crippen molar-refractivity contribution in [2.24, 2.45) is 7.05 Å². The molecule has 0 aliphatic carbocycles. The number of hydrogen-bond acceptors (Lipinski definition) is 2. The van der Waals surface area contributed by atoms with Crippen molar-refractivity contribution < 1.29 is 0 Å². The van der Waals surface area contributed by atoms with Crippen LogP contribution in [0.2, 0.25) is 0 Å². The Morgan fingerprint density at radius 1 is 1.22 bits per heavy atom. The van der Waals surface area contributed by atoms with Crippen molar-refractivity contribution in [1.82, 2.24) is 15.1 Å². The molecule has 3 heteroatoms. The number of aromatic nitrogens is 2. The van der Waals surface area contributed by atoms with E-state index in [9.17, 15) is 0 Å². The van der Waals surface area contributed by atoms with Gasteiger partial charge in [-0.05, 0) is 31.0 Å². The Labute approximate surface area is 109 Å². The largest absolute Gasteiger partial charge is 0.313 e. The van der Waals surface area contributed by atoms with E-state index >= 15 is 0 Å². The summed E-state index contributed by atoms with van der Waals surface area (Å²) in [5.41, 5.74) is 4.86. The first-order valence-electron chi connectivity index (χ1n) is 6.51. The summed E-state index contributed by atoms with van der Waals surface area (Å²) in [6.45, 7) is 6.25. The van der Waals surface area contributed by atoms with Crippen LogP contribution >= 0.6 is 0 Å². The second-order valence-electron chi connectivity index (χ2n) is 4.68. The summed E-state index contributed by atoms with van der Waals surface area (Å²) in [5, 5.41) is 7.78. The molecule has 0 bridgehead atoms. The standard InChI is InChI=1S/C15H21N3/c1-4-9-16-10-13-5-7-14(8-6-13)15-11-18(3)17-12(15)2/h5-8,11,16H,4,9-10H2,1-3H3. The highest BCUT2D eigenvalue weighted by Gasteiger charge is 2.05. The van der Waals surface area contributed by atoms with Gasteiger partial charge in [0, 0.05) is 25.4 Å². The average molecular weight is 243 g/mol. The Morgan fingerprint density at radius 3 is 2.50 bits per heavy atom. The summed E-state index contributed by atoms with van der Waals surface area (Å²) in [4.78, 5) is 0. The molecule has 1 heterocycles. The zero-order chi connectivity index (χ0) is 13.0. The molecule has 0 radical (unpaired) electrons. The predicted molar refractivity (Wildman–Crippen MR) is 75.4 cm³/mol.